The number of allylic oxidation sites excluding steroid dienone is 1. The van der Waals surface area contributed by atoms with E-state index in [2.05, 4.69) is 23.8 Å². The van der Waals surface area contributed by atoms with Gasteiger partial charge in [0.1, 0.15) is 18.8 Å². The zero-order valence-corrected chi connectivity index (χ0v) is 24.6. The fourth-order valence-electron chi connectivity index (χ4n) is 4.85. The Bertz CT molecular complexity index is 1270. The van der Waals surface area contributed by atoms with Crippen molar-refractivity contribution in [2.45, 2.75) is 63.9 Å². The highest BCUT2D eigenvalue weighted by molar-refractivity contribution is 5.86. The number of benzene rings is 2. The number of fused-ring (bicyclic) bond motifs is 1. The lowest BCUT2D eigenvalue weighted by Gasteiger charge is -2.36. The van der Waals surface area contributed by atoms with Crippen molar-refractivity contribution < 1.29 is 33.8 Å². The number of carbonyl (C=O) groups excluding carboxylic acids is 4. The Morgan fingerprint density at radius 2 is 1.70 bits per heavy atom. The normalized spacial score (nSPS) is 16.0. The first-order valence-electron chi connectivity index (χ1n) is 14.4. The number of carbonyl (C=O) groups is 4. The van der Waals surface area contributed by atoms with Crippen LogP contribution in [0, 0.1) is 5.92 Å². The number of nitrogens with one attached hydrogen (secondary N) is 2. The molecule has 1 aliphatic heterocycles. The molecule has 0 aliphatic carbocycles. The van der Waals surface area contributed by atoms with E-state index in [4.69, 9.17) is 9.47 Å². The van der Waals surface area contributed by atoms with Crippen molar-refractivity contribution in [1.82, 2.24) is 15.5 Å². The average Bonchev–Trinajstić information content (AvgIpc) is 3.01. The number of amides is 3. The second-order valence-electron chi connectivity index (χ2n) is 10.5. The number of ether oxygens (including phenoxy) is 2. The van der Waals surface area contributed by atoms with E-state index < -0.39 is 30.1 Å². The minimum atomic E-state index is -1.01. The zero-order chi connectivity index (χ0) is 31.2. The molecule has 0 saturated heterocycles. The molecule has 0 aromatic heterocycles. The number of aliphatic hydroxyl groups is 1. The number of aliphatic hydroxyl groups excluding tert-OH is 1. The molecule has 10 heteroatoms. The Balaban J connectivity index is 1.50. The van der Waals surface area contributed by atoms with Gasteiger partial charge in [-0.2, -0.15) is 0 Å². The van der Waals surface area contributed by atoms with Crippen molar-refractivity contribution in [1.29, 1.82) is 0 Å². The van der Waals surface area contributed by atoms with E-state index in [9.17, 15) is 24.3 Å². The van der Waals surface area contributed by atoms with Crippen molar-refractivity contribution in [3.8, 4) is 0 Å². The summed E-state index contributed by atoms with van der Waals surface area (Å²) in [6.45, 7) is 9.21. The molecule has 2 aromatic rings. The predicted octanol–water partition coefficient (Wildman–Crippen LogP) is 3.43. The first-order chi connectivity index (χ1) is 20.7. The average molecular weight is 592 g/mol. The van der Waals surface area contributed by atoms with Crippen LogP contribution >= 0.6 is 0 Å². The van der Waals surface area contributed by atoms with Crippen molar-refractivity contribution >= 4 is 23.9 Å². The molecule has 4 atom stereocenters. The van der Waals surface area contributed by atoms with Crippen LogP contribution in [0.2, 0.25) is 0 Å². The molecule has 10 nitrogen and oxygen atoms in total. The Morgan fingerprint density at radius 1 is 1.02 bits per heavy atom. The lowest BCUT2D eigenvalue weighted by molar-refractivity contribution is -0.151. The highest BCUT2D eigenvalue weighted by Gasteiger charge is 2.32. The van der Waals surface area contributed by atoms with Crippen LogP contribution in [0.3, 0.4) is 0 Å². The second kappa shape index (κ2) is 16.9. The monoisotopic (exact) mass is 591 g/mol. The van der Waals surface area contributed by atoms with E-state index in [-0.39, 0.29) is 56.9 Å². The van der Waals surface area contributed by atoms with Gasteiger partial charge in [-0.05, 0) is 42.9 Å². The number of alkyl carbamates (subject to hydrolysis) is 1. The summed E-state index contributed by atoms with van der Waals surface area (Å²) in [5.41, 5.74) is 2.93. The molecule has 0 saturated carbocycles. The molecule has 3 rings (SSSR count). The molecule has 2 aromatic carbocycles. The third-order valence-corrected chi connectivity index (χ3v) is 7.20. The summed E-state index contributed by atoms with van der Waals surface area (Å²) in [7, 11) is 0. The van der Waals surface area contributed by atoms with Gasteiger partial charge < -0.3 is 30.1 Å². The Hall–Kier alpha value is -4.44. The van der Waals surface area contributed by atoms with Crippen molar-refractivity contribution in [2.24, 2.45) is 5.92 Å². The molecule has 0 radical (unpaired) electrons. The van der Waals surface area contributed by atoms with Gasteiger partial charge in [0.05, 0.1) is 25.1 Å². The van der Waals surface area contributed by atoms with Gasteiger partial charge in [0, 0.05) is 13.0 Å². The highest BCUT2D eigenvalue weighted by atomic mass is 16.6. The van der Waals surface area contributed by atoms with Crippen molar-refractivity contribution in [3.05, 3.63) is 96.6 Å². The van der Waals surface area contributed by atoms with Crippen LogP contribution in [0.15, 0.2) is 79.9 Å². The molecule has 1 heterocycles. The summed E-state index contributed by atoms with van der Waals surface area (Å²) in [6, 6.07) is 15.6. The zero-order valence-electron chi connectivity index (χ0n) is 24.6. The smallest absolute Gasteiger partial charge is 0.408 e. The number of hydrogen-bond acceptors (Lipinski definition) is 7. The van der Waals surface area contributed by atoms with Gasteiger partial charge in [0.15, 0.2) is 0 Å². The SMILES string of the molecule is C=CC[C@H](CC(=O)N1Cc2ccccc2C[C@H]1CO)C(=O)NC[C@H](C)OC(=O)[C@@H](CC=C)NC(=O)OCc1ccccc1. The van der Waals surface area contributed by atoms with Crippen LogP contribution in [0.5, 0.6) is 0 Å². The van der Waals surface area contributed by atoms with Crippen LogP contribution in [0.1, 0.15) is 42.9 Å². The Labute approximate surface area is 252 Å². The minimum Gasteiger partial charge on any atom is -0.459 e. The maximum absolute atomic E-state index is 13.3. The van der Waals surface area contributed by atoms with Gasteiger partial charge in [0.25, 0.3) is 0 Å². The van der Waals surface area contributed by atoms with Crippen LogP contribution in [-0.2, 0) is 43.4 Å². The van der Waals surface area contributed by atoms with E-state index in [0.717, 1.165) is 16.7 Å². The number of nitrogens with zero attached hydrogens (tertiary/aromatic N) is 1. The van der Waals surface area contributed by atoms with Gasteiger partial charge in [0.2, 0.25) is 11.8 Å². The van der Waals surface area contributed by atoms with Crippen molar-refractivity contribution in [3.63, 3.8) is 0 Å². The predicted molar refractivity (Wildman–Crippen MR) is 161 cm³/mol. The standard InChI is InChI=1S/C33H41N3O7/c1-4-11-26(18-30(38)36-20-27-16-10-9-15-25(27)17-28(36)21-37)31(39)34-19-23(3)43-32(40)29(12-5-2)35-33(41)42-22-24-13-7-6-8-14-24/h4-10,13-16,23,26,28-29,37H,1-2,11-12,17-22H2,3H3,(H,34,39)(H,35,41)/t23-,26+,28-,29+/m0/s1. The van der Waals surface area contributed by atoms with Crippen LogP contribution < -0.4 is 10.6 Å². The van der Waals surface area contributed by atoms with E-state index in [1.807, 2.05) is 54.6 Å². The molecule has 1 aliphatic rings. The van der Waals surface area contributed by atoms with Gasteiger partial charge in [-0.25, -0.2) is 9.59 Å². The van der Waals surface area contributed by atoms with E-state index in [0.29, 0.717) is 13.0 Å². The fraction of sp³-hybridized carbons (Fsp3) is 0.394. The second-order valence-corrected chi connectivity index (χ2v) is 10.5. The number of esters is 1. The highest BCUT2D eigenvalue weighted by Crippen LogP contribution is 2.25. The molecule has 0 unspecified atom stereocenters. The minimum absolute atomic E-state index is 0.00201. The van der Waals surface area contributed by atoms with Crippen molar-refractivity contribution in [2.75, 3.05) is 13.2 Å². The van der Waals surface area contributed by atoms with Gasteiger partial charge in [-0.1, -0.05) is 66.7 Å². The number of hydrogen-bond donors (Lipinski definition) is 3. The summed E-state index contributed by atoms with van der Waals surface area (Å²) in [5.74, 6) is -1.98. The van der Waals surface area contributed by atoms with Gasteiger partial charge in [-0.3, -0.25) is 9.59 Å². The van der Waals surface area contributed by atoms with Gasteiger partial charge in [-0.15, -0.1) is 13.2 Å². The lowest BCUT2D eigenvalue weighted by atomic mass is 9.92. The van der Waals surface area contributed by atoms with E-state index >= 15 is 0 Å². The van der Waals surface area contributed by atoms with Gasteiger partial charge >= 0.3 is 12.1 Å². The first kappa shape index (κ1) is 33.1. The molecule has 43 heavy (non-hydrogen) atoms. The topological polar surface area (TPSA) is 134 Å². The first-order valence-corrected chi connectivity index (χ1v) is 14.4. The Kier molecular flexibility index (Phi) is 13.0. The maximum Gasteiger partial charge on any atom is 0.408 e. The molecular weight excluding hydrogens is 550 g/mol. The molecule has 3 amide bonds. The van der Waals surface area contributed by atoms with E-state index in [1.165, 1.54) is 6.08 Å². The molecule has 230 valence electrons. The summed E-state index contributed by atoms with van der Waals surface area (Å²) in [6.07, 6.45) is 2.46. The number of rotatable bonds is 15. The maximum atomic E-state index is 13.3. The molecule has 3 N–H and O–H groups in total. The summed E-state index contributed by atoms with van der Waals surface area (Å²) in [5, 5.41) is 15.2. The molecule has 0 bridgehead atoms. The summed E-state index contributed by atoms with van der Waals surface area (Å²) < 4.78 is 10.7. The molecule has 0 spiro atoms. The van der Waals surface area contributed by atoms with Crippen LogP contribution in [0.4, 0.5) is 4.79 Å². The fourth-order valence-corrected chi connectivity index (χ4v) is 4.85. The third-order valence-electron chi connectivity index (χ3n) is 7.20. The largest absolute Gasteiger partial charge is 0.459 e. The Morgan fingerprint density at radius 3 is 2.37 bits per heavy atom. The van der Waals surface area contributed by atoms with E-state index in [1.54, 1.807) is 17.9 Å². The quantitative estimate of drug-likeness (QED) is 0.213. The van der Waals surface area contributed by atoms with Crippen LogP contribution in [0.25, 0.3) is 0 Å². The molecule has 0 fully saturated rings. The third kappa shape index (κ3) is 10.1. The molecular formula is C33H41N3O7. The summed E-state index contributed by atoms with van der Waals surface area (Å²) in [4.78, 5) is 53.0. The van der Waals surface area contributed by atoms with Crippen LogP contribution in [-0.4, -0.2) is 65.2 Å². The lowest BCUT2D eigenvalue weighted by Crippen LogP contribution is -2.48. The summed E-state index contributed by atoms with van der Waals surface area (Å²) >= 11 is 0.